The molecule has 12 heavy (non-hydrogen) atoms. The van der Waals surface area contributed by atoms with Crippen molar-refractivity contribution in [2.75, 3.05) is 13.2 Å². The second kappa shape index (κ2) is 5.97. The van der Waals surface area contributed by atoms with Crippen molar-refractivity contribution in [1.29, 1.82) is 0 Å². The number of carbonyl (C=O) groups is 1. The van der Waals surface area contributed by atoms with Crippen LogP contribution in [0.3, 0.4) is 0 Å². The quantitative estimate of drug-likeness (QED) is 0.524. The molecule has 0 aliphatic heterocycles. The molecule has 0 spiro atoms. The minimum Gasteiger partial charge on any atom is -0.394 e. The standard InChI is InChI=1S/C8H18N2O2/c1-6(2)3-4-10-8(12)7(9)5-11/h6-7,11H,3-5,9H2,1-2H3,(H,10,12). The van der Waals surface area contributed by atoms with Gasteiger partial charge in [-0.2, -0.15) is 0 Å². The fourth-order valence-electron chi connectivity index (χ4n) is 0.698. The summed E-state index contributed by atoms with van der Waals surface area (Å²) >= 11 is 0. The third-order valence-corrected chi connectivity index (χ3v) is 1.55. The average molecular weight is 174 g/mol. The van der Waals surface area contributed by atoms with E-state index in [4.69, 9.17) is 10.8 Å². The third-order valence-electron chi connectivity index (χ3n) is 1.55. The van der Waals surface area contributed by atoms with Crippen LogP contribution in [0, 0.1) is 5.92 Å². The number of aliphatic hydroxyl groups excluding tert-OH is 1. The van der Waals surface area contributed by atoms with E-state index in [1.807, 2.05) is 0 Å². The molecule has 0 aromatic heterocycles. The molecule has 1 amide bonds. The number of nitrogens with one attached hydrogen (secondary N) is 1. The van der Waals surface area contributed by atoms with E-state index >= 15 is 0 Å². The van der Waals surface area contributed by atoms with Gasteiger partial charge in [0.25, 0.3) is 0 Å². The van der Waals surface area contributed by atoms with Gasteiger partial charge in [-0.1, -0.05) is 13.8 Å². The van der Waals surface area contributed by atoms with Crippen LogP contribution in [0.15, 0.2) is 0 Å². The molecule has 0 heterocycles. The van der Waals surface area contributed by atoms with E-state index in [1.165, 1.54) is 0 Å². The summed E-state index contributed by atoms with van der Waals surface area (Å²) in [5.74, 6) is 0.286. The summed E-state index contributed by atoms with van der Waals surface area (Å²) in [6, 6.07) is -0.780. The van der Waals surface area contributed by atoms with Crippen molar-refractivity contribution in [2.24, 2.45) is 11.7 Å². The lowest BCUT2D eigenvalue weighted by Crippen LogP contribution is -2.43. The number of carbonyl (C=O) groups excluding carboxylic acids is 1. The van der Waals surface area contributed by atoms with Gasteiger partial charge in [-0.05, 0) is 12.3 Å². The zero-order chi connectivity index (χ0) is 9.56. The molecule has 0 saturated carbocycles. The molecule has 0 aromatic rings. The number of amides is 1. The normalized spacial score (nSPS) is 13.1. The Bertz CT molecular complexity index is 137. The van der Waals surface area contributed by atoms with E-state index in [2.05, 4.69) is 19.2 Å². The summed E-state index contributed by atoms with van der Waals surface area (Å²) in [4.78, 5) is 11.0. The average Bonchev–Trinajstić information content (AvgIpc) is 2.02. The van der Waals surface area contributed by atoms with Crippen LogP contribution in [0.5, 0.6) is 0 Å². The van der Waals surface area contributed by atoms with Gasteiger partial charge in [0.2, 0.25) is 5.91 Å². The van der Waals surface area contributed by atoms with Gasteiger partial charge in [0.15, 0.2) is 0 Å². The maximum Gasteiger partial charge on any atom is 0.239 e. The molecule has 0 saturated heterocycles. The van der Waals surface area contributed by atoms with Crippen molar-refractivity contribution in [3.05, 3.63) is 0 Å². The summed E-state index contributed by atoms with van der Waals surface area (Å²) in [6.07, 6.45) is 0.934. The maximum atomic E-state index is 11.0. The van der Waals surface area contributed by atoms with E-state index in [-0.39, 0.29) is 12.5 Å². The van der Waals surface area contributed by atoms with E-state index in [0.29, 0.717) is 12.5 Å². The zero-order valence-electron chi connectivity index (χ0n) is 7.71. The smallest absolute Gasteiger partial charge is 0.239 e. The van der Waals surface area contributed by atoms with Gasteiger partial charge < -0.3 is 16.2 Å². The molecule has 0 aliphatic carbocycles. The van der Waals surface area contributed by atoms with Gasteiger partial charge in [0.1, 0.15) is 6.04 Å². The lowest BCUT2D eigenvalue weighted by Gasteiger charge is -2.10. The molecule has 4 nitrogen and oxygen atoms in total. The fraction of sp³-hybridized carbons (Fsp3) is 0.875. The first kappa shape index (κ1) is 11.4. The zero-order valence-corrected chi connectivity index (χ0v) is 7.71. The van der Waals surface area contributed by atoms with Crippen molar-refractivity contribution in [3.63, 3.8) is 0 Å². The Labute approximate surface area is 73.1 Å². The van der Waals surface area contributed by atoms with Gasteiger partial charge in [0.05, 0.1) is 6.61 Å². The monoisotopic (exact) mass is 174 g/mol. The van der Waals surface area contributed by atoms with Crippen LogP contribution in [0.4, 0.5) is 0 Å². The van der Waals surface area contributed by atoms with Gasteiger partial charge in [-0.15, -0.1) is 0 Å². The van der Waals surface area contributed by atoms with Gasteiger partial charge in [-0.3, -0.25) is 4.79 Å². The van der Waals surface area contributed by atoms with Crippen LogP contribution < -0.4 is 11.1 Å². The van der Waals surface area contributed by atoms with Gasteiger partial charge >= 0.3 is 0 Å². The van der Waals surface area contributed by atoms with Crippen molar-refractivity contribution in [3.8, 4) is 0 Å². The summed E-state index contributed by atoms with van der Waals surface area (Å²) in [5.41, 5.74) is 5.27. The Hall–Kier alpha value is -0.610. The summed E-state index contributed by atoms with van der Waals surface area (Å²) in [7, 11) is 0. The summed E-state index contributed by atoms with van der Waals surface area (Å²) in [6.45, 7) is 4.49. The highest BCUT2D eigenvalue weighted by molar-refractivity contribution is 5.81. The Balaban J connectivity index is 3.44. The minimum atomic E-state index is -0.780. The largest absolute Gasteiger partial charge is 0.394 e. The van der Waals surface area contributed by atoms with Crippen LogP contribution in [0.1, 0.15) is 20.3 Å². The first-order chi connectivity index (χ1) is 5.57. The fourth-order valence-corrected chi connectivity index (χ4v) is 0.698. The summed E-state index contributed by atoms with van der Waals surface area (Å²) in [5, 5.41) is 11.2. The Kier molecular flexibility index (Phi) is 5.66. The highest BCUT2D eigenvalue weighted by atomic mass is 16.3. The summed E-state index contributed by atoms with van der Waals surface area (Å²) < 4.78 is 0. The molecule has 0 fully saturated rings. The molecular weight excluding hydrogens is 156 g/mol. The van der Waals surface area contributed by atoms with E-state index in [9.17, 15) is 4.79 Å². The second-order valence-electron chi connectivity index (χ2n) is 3.26. The van der Waals surface area contributed by atoms with Crippen LogP contribution in [-0.4, -0.2) is 30.2 Å². The van der Waals surface area contributed by atoms with Gasteiger partial charge in [-0.25, -0.2) is 0 Å². The molecular formula is C8H18N2O2. The Morgan fingerprint density at radius 3 is 2.58 bits per heavy atom. The molecule has 0 radical (unpaired) electrons. The molecule has 1 atom stereocenters. The highest BCUT2D eigenvalue weighted by Gasteiger charge is 2.10. The number of aliphatic hydroxyl groups is 1. The first-order valence-corrected chi connectivity index (χ1v) is 4.22. The van der Waals surface area contributed by atoms with Crippen molar-refractivity contribution >= 4 is 5.91 Å². The van der Waals surface area contributed by atoms with E-state index in [1.54, 1.807) is 0 Å². The maximum absolute atomic E-state index is 11.0. The number of hydrogen-bond donors (Lipinski definition) is 3. The third kappa shape index (κ3) is 5.09. The van der Waals surface area contributed by atoms with Crippen LogP contribution in [0.2, 0.25) is 0 Å². The minimum absolute atomic E-state index is 0.279. The lowest BCUT2D eigenvalue weighted by atomic mass is 10.1. The van der Waals surface area contributed by atoms with Crippen LogP contribution in [-0.2, 0) is 4.79 Å². The van der Waals surface area contributed by atoms with E-state index < -0.39 is 6.04 Å². The van der Waals surface area contributed by atoms with Crippen molar-refractivity contribution in [2.45, 2.75) is 26.3 Å². The molecule has 0 rings (SSSR count). The predicted molar refractivity (Wildman–Crippen MR) is 47.5 cm³/mol. The van der Waals surface area contributed by atoms with Crippen LogP contribution in [0.25, 0.3) is 0 Å². The number of nitrogens with two attached hydrogens (primary N) is 1. The lowest BCUT2D eigenvalue weighted by molar-refractivity contribution is -0.123. The van der Waals surface area contributed by atoms with Crippen LogP contribution >= 0.6 is 0 Å². The SMILES string of the molecule is CC(C)CCNC(=O)C(N)CO. The van der Waals surface area contributed by atoms with Gasteiger partial charge in [0, 0.05) is 6.54 Å². The molecule has 0 bridgehead atoms. The molecule has 0 aliphatic rings. The van der Waals surface area contributed by atoms with E-state index in [0.717, 1.165) is 6.42 Å². The molecule has 72 valence electrons. The molecule has 4 heteroatoms. The molecule has 1 unspecified atom stereocenters. The van der Waals surface area contributed by atoms with Crippen molar-refractivity contribution in [1.82, 2.24) is 5.32 Å². The Morgan fingerprint density at radius 1 is 1.58 bits per heavy atom. The predicted octanol–water partition coefficient (Wildman–Crippen LogP) is -0.532. The molecule has 4 N–H and O–H groups in total. The first-order valence-electron chi connectivity index (χ1n) is 4.22. The number of hydrogen-bond acceptors (Lipinski definition) is 3. The Morgan fingerprint density at radius 2 is 2.17 bits per heavy atom. The second-order valence-corrected chi connectivity index (χ2v) is 3.26. The molecule has 0 aromatic carbocycles. The number of rotatable bonds is 5. The van der Waals surface area contributed by atoms with Crippen molar-refractivity contribution < 1.29 is 9.90 Å². The highest BCUT2D eigenvalue weighted by Crippen LogP contribution is 1.96. The topological polar surface area (TPSA) is 75.4 Å².